The molecule has 0 heterocycles. The van der Waals surface area contributed by atoms with E-state index in [4.69, 9.17) is 5.73 Å². The first-order valence-corrected chi connectivity index (χ1v) is 2.38. The molecule has 0 aromatic heterocycles. The third-order valence-corrected chi connectivity index (χ3v) is 0.836. The van der Waals surface area contributed by atoms with Crippen molar-refractivity contribution in [2.24, 2.45) is 5.73 Å². The van der Waals surface area contributed by atoms with Crippen LogP contribution in [0, 0.1) is 0 Å². The molecule has 0 amide bonds. The lowest BCUT2D eigenvalue weighted by molar-refractivity contribution is -0.171. The molecule has 1 unspecified atom stereocenters. The van der Waals surface area contributed by atoms with Crippen LogP contribution in [-0.2, 0) is 4.79 Å². The van der Waals surface area contributed by atoms with E-state index in [0.29, 0.717) is 0 Å². The topological polar surface area (TPSA) is 43.1 Å². The number of ketones is 1. The first kappa shape index (κ1) is 9.16. The van der Waals surface area contributed by atoms with Gasteiger partial charge in [-0.15, -0.1) is 6.58 Å². The van der Waals surface area contributed by atoms with Crippen LogP contribution in [-0.4, -0.2) is 18.0 Å². The van der Waals surface area contributed by atoms with Crippen molar-refractivity contribution in [3.05, 3.63) is 12.7 Å². The Hall–Kier alpha value is -0.840. The average molecular weight is 153 g/mol. The van der Waals surface area contributed by atoms with E-state index in [0.717, 1.165) is 6.08 Å². The van der Waals surface area contributed by atoms with Crippen LogP contribution in [0.1, 0.15) is 0 Å². The van der Waals surface area contributed by atoms with Crippen LogP contribution >= 0.6 is 0 Å². The largest absolute Gasteiger partial charge is 0.452 e. The number of rotatable bonds is 2. The van der Waals surface area contributed by atoms with Crippen molar-refractivity contribution in [3.8, 4) is 0 Å². The van der Waals surface area contributed by atoms with Gasteiger partial charge in [-0.3, -0.25) is 4.79 Å². The third-order valence-electron chi connectivity index (χ3n) is 0.836. The van der Waals surface area contributed by atoms with E-state index in [1.54, 1.807) is 0 Å². The Kier molecular flexibility index (Phi) is 2.59. The summed E-state index contributed by atoms with van der Waals surface area (Å²) >= 11 is 0. The fraction of sp³-hybridized carbons (Fsp3) is 0.400. The lowest BCUT2D eigenvalue weighted by Crippen LogP contribution is -2.38. The highest BCUT2D eigenvalue weighted by atomic mass is 19.4. The van der Waals surface area contributed by atoms with Gasteiger partial charge in [-0.25, -0.2) is 0 Å². The molecule has 0 fully saturated rings. The van der Waals surface area contributed by atoms with Gasteiger partial charge in [0.25, 0.3) is 5.78 Å². The van der Waals surface area contributed by atoms with Crippen LogP contribution in [0.25, 0.3) is 0 Å². The van der Waals surface area contributed by atoms with Gasteiger partial charge in [0.15, 0.2) is 0 Å². The quantitative estimate of drug-likeness (QED) is 0.591. The molecule has 0 saturated heterocycles. The van der Waals surface area contributed by atoms with Gasteiger partial charge in [-0.2, -0.15) is 13.2 Å². The van der Waals surface area contributed by atoms with Gasteiger partial charge >= 0.3 is 6.18 Å². The second kappa shape index (κ2) is 2.83. The zero-order chi connectivity index (χ0) is 8.36. The highest BCUT2D eigenvalue weighted by Gasteiger charge is 2.40. The maximum Gasteiger partial charge on any atom is 0.452 e. The molecule has 0 aromatic rings. The van der Waals surface area contributed by atoms with E-state index in [1.807, 2.05) is 0 Å². The van der Waals surface area contributed by atoms with Crippen molar-refractivity contribution >= 4 is 5.78 Å². The van der Waals surface area contributed by atoms with Crippen LogP contribution in [0.3, 0.4) is 0 Å². The molecular formula is C5H6F3NO. The van der Waals surface area contributed by atoms with Crippen LogP contribution < -0.4 is 5.73 Å². The molecule has 2 nitrogen and oxygen atoms in total. The lowest BCUT2D eigenvalue weighted by atomic mass is 10.2. The average Bonchev–Trinajstić information content (AvgIpc) is 1.83. The zero-order valence-corrected chi connectivity index (χ0v) is 4.98. The van der Waals surface area contributed by atoms with Crippen LogP contribution in [0.15, 0.2) is 12.7 Å². The molecular weight excluding hydrogens is 147 g/mol. The number of carbonyl (C=O) groups excluding carboxylic acids is 1. The highest BCUT2D eigenvalue weighted by molar-refractivity contribution is 5.90. The number of hydrogen-bond acceptors (Lipinski definition) is 2. The number of nitrogens with two attached hydrogens (primary N) is 1. The molecule has 2 N–H and O–H groups in total. The summed E-state index contributed by atoms with van der Waals surface area (Å²) in [7, 11) is 0. The number of Topliss-reactive ketones (excluding diaryl/α,β-unsaturated/α-hetero) is 1. The Morgan fingerprint density at radius 3 is 2.10 bits per heavy atom. The first-order chi connectivity index (χ1) is 4.39. The normalized spacial score (nSPS) is 14.4. The SMILES string of the molecule is C=CC(N)C(=O)C(F)(F)F. The van der Waals surface area contributed by atoms with Crippen molar-refractivity contribution in [2.75, 3.05) is 0 Å². The summed E-state index contributed by atoms with van der Waals surface area (Å²) in [5.41, 5.74) is 4.72. The van der Waals surface area contributed by atoms with E-state index in [-0.39, 0.29) is 0 Å². The van der Waals surface area contributed by atoms with E-state index in [9.17, 15) is 18.0 Å². The van der Waals surface area contributed by atoms with Gasteiger partial charge in [0.05, 0.1) is 6.04 Å². The van der Waals surface area contributed by atoms with E-state index in [2.05, 4.69) is 6.58 Å². The molecule has 1 atom stereocenters. The van der Waals surface area contributed by atoms with Crippen molar-refractivity contribution in [1.29, 1.82) is 0 Å². The number of carbonyl (C=O) groups is 1. The zero-order valence-electron chi connectivity index (χ0n) is 4.98. The Morgan fingerprint density at radius 1 is 1.60 bits per heavy atom. The van der Waals surface area contributed by atoms with E-state index < -0.39 is 18.0 Å². The lowest BCUT2D eigenvalue weighted by Gasteiger charge is -2.07. The van der Waals surface area contributed by atoms with E-state index in [1.165, 1.54) is 0 Å². The standard InChI is InChI=1S/C5H6F3NO/c1-2-3(9)4(10)5(6,7)8/h2-3H,1,9H2. The van der Waals surface area contributed by atoms with Crippen molar-refractivity contribution in [1.82, 2.24) is 0 Å². The van der Waals surface area contributed by atoms with Crippen molar-refractivity contribution in [3.63, 3.8) is 0 Å². The fourth-order valence-electron chi connectivity index (χ4n) is 0.296. The molecule has 0 aliphatic heterocycles. The van der Waals surface area contributed by atoms with Gasteiger partial charge in [0.1, 0.15) is 0 Å². The van der Waals surface area contributed by atoms with Crippen molar-refractivity contribution < 1.29 is 18.0 Å². The van der Waals surface area contributed by atoms with Crippen LogP contribution in [0.2, 0.25) is 0 Å². The molecule has 58 valence electrons. The van der Waals surface area contributed by atoms with Crippen LogP contribution in [0.5, 0.6) is 0 Å². The Balaban J connectivity index is 4.22. The summed E-state index contributed by atoms with van der Waals surface area (Å²) in [6.45, 7) is 2.95. The Labute approximate surface area is 55.5 Å². The summed E-state index contributed by atoms with van der Waals surface area (Å²) in [5, 5.41) is 0. The Morgan fingerprint density at radius 2 is 2.00 bits per heavy atom. The van der Waals surface area contributed by atoms with Crippen molar-refractivity contribution in [2.45, 2.75) is 12.2 Å². The van der Waals surface area contributed by atoms with E-state index >= 15 is 0 Å². The number of halogens is 3. The summed E-state index contributed by atoms with van der Waals surface area (Å²) in [5.74, 6) is -1.97. The smallest absolute Gasteiger partial charge is 0.318 e. The molecule has 0 aliphatic rings. The van der Waals surface area contributed by atoms with Gasteiger partial charge in [-0.1, -0.05) is 6.08 Å². The molecule has 0 saturated carbocycles. The molecule has 0 bridgehead atoms. The maximum absolute atomic E-state index is 11.4. The molecule has 0 rings (SSSR count). The maximum atomic E-state index is 11.4. The fourth-order valence-corrected chi connectivity index (χ4v) is 0.296. The minimum Gasteiger partial charge on any atom is -0.318 e. The predicted octanol–water partition coefficient (Wildman–Crippen LogP) is 0.631. The summed E-state index contributed by atoms with van der Waals surface area (Å²) in [6, 6.07) is -1.64. The summed E-state index contributed by atoms with van der Waals surface area (Å²) in [4.78, 5) is 10.1. The van der Waals surface area contributed by atoms with Gasteiger partial charge in [-0.05, 0) is 0 Å². The second-order valence-corrected chi connectivity index (χ2v) is 1.62. The van der Waals surface area contributed by atoms with Gasteiger partial charge in [0, 0.05) is 0 Å². The monoisotopic (exact) mass is 153 g/mol. The number of alkyl halides is 3. The molecule has 10 heavy (non-hydrogen) atoms. The Bertz CT molecular complexity index is 151. The summed E-state index contributed by atoms with van der Waals surface area (Å²) in [6.07, 6.45) is -4.11. The highest BCUT2D eigenvalue weighted by Crippen LogP contribution is 2.17. The second-order valence-electron chi connectivity index (χ2n) is 1.62. The summed E-state index contributed by atoms with van der Waals surface area (Å²) < 4.78 is 34.2. The van der Waals surface area contributed by atoms with Gasteiger partial charge < -0.3 is 5.73 Å². The molecule has 0 aliphatic carbocycles. The molecule has 0 spiro atoms. The minimum absolute atomic E-state index is 0.746. The molecule has 0 aromatic carbocycles. The van der Waals surface area contributed by atoms with Crippen LogP contribution in [0.4, 0.5) is 13.2 Å². The first-order valence-electron chi connectivity index (χ1n) is 2.38. The van der Waals surface area contributed by atoms with Gasteiger partial charge in [0.2, 0.25) is 0 Å². The minimum atomic E-state index is -4.85. The number of hydrogen-bond donors (Lipinski definition) is 1. The third kappa shape index (κ3) is 2.18. The predicted molar refractivity (Wildman–Crippen MR) is 29.2 cm³/mol. The molecule has 0 radical (unpaired) electrons. The molecule has 5 heteroatoms.